The SMILES string of the molecule is COc1ccc(Cn2nnnc2SCc2nc3scc(-c4ccccc4Cl)c3c(=O)[nH]2)cc1. The molecule has 33 heavy (non-hydrogen) atoms. The average molecular weight is 497 g/mol. The van der Waals surface area contributed by atoms with E-state index in [1.165, 1.54) is 23.1 Å². The van der Waals surface area contributed by atoms with Crippen LogP contribution in [0.25, 0.3) is 21.3 Å². The first-order valence-corrected chi connectivity index (χ1v) is 12.1. The summed E-state index contributed by atoms with van der Waals surface area (Å²) in [6, 6.07) is 15.2. The van der Waals surface area contributed by atoms with E-state index >= 15 is 0 Å². The van der Waals surface area contributed by atoms with Gasteiger partial charge in [-0.25, -0.2) is 9.67 Å². The molecule has 3 aromatic heterocycles. The van der Waals surface area contributed by atoms with Crippen LogP contribution >= 0.6 is 34.7 Å². The summed E-state index contributed by atoms with van der Waals surface area (Å²) in [4.78, 5) is 21.1. The highest BCUT2D eigenvalue weighted by Crippen LogP contribution is 2.35. The first-order valence-electron chi connectivity index (χ1n) is 9.89. The second-order valence-corrected chi connectivity index (χ2v) is 9.29. The summed E-state index contributed by atoms with van der Waals surface area (Å²) in [6.45, 7) is 0.522. The Hall–Kier alpha value is -3.21. The number of fused-ring (bicyclic) bond motifs is 1. The molecule has 0 spiro atoms. The van der Waals surface area contributed by atoms with E-state index in [0.717, 1.165) is 22.4 Å². The summed E-state index contributed by atoms with van der Waals surface area (Å²) in [5.41, 5.74) is 2.46. The lowest BCUT2D eigenvalue weighted by Gasteiger charge is -2.06. The number of aromatic amines is 1. The monoisotopic (exact) mass is 496 g/mol. The second-order valence-electron chi connectivity index (χ2n) is 7.08. The van der Waals surface area contributed by atoms with Crippen LogP contribution in [0.2, 0.25) is 5.02 Å². The van der Waals surface area contributed by atoms with Gasteiger partial charge in [-0.3, -0.25) is 4.79 Å². The summed E-state index contributed by atoms with van der Waals surface area (Å²) in [5.74, 6) is 1.78. The molecule has 1 N–H and O–H groups in total. The van der Waals surface area contributed by atoms with Gasteiger partial charge in [0.1, 0.15) is 16.4 Å². The molecule has 0 amide bonds. The van der Waals surface area contributed by atoms with Crippen molar-refractivity contribution in [3.63, 3.8) is 0 Å². The number of rotatable bonds is 7. The molecular weight excluding hydrogens is 480 g/mol. The predicted molar refractivity (Wildman–Crippen MR) is 130 cm³/mol. The van der Waals surface area contributed by atoms with E-state index in [4.69, 9.17) is 16.3 Å². The van der Waals surface area contributed by atoms with Gasteiger partial charge < -0.3 is 9.72 Å². The number of nitrogens with one attached hydrogen (secondary N) is 1. The lowest BCUT2D eigenvalue weighted by molar-refractivity contribution is 0.414. The first kappa shape index (κ1) is 21.6. The molecule has 0 saturated heterocycles. The molecule has 0 aliphatic rings. The minimum Gasteiger partial charge on any atom is -0.497 e. The molecule has 5 aromatic rings. The van der Waals surface area contributed by atoms with Crippen LogP contribution in [0.4, 0.5) is 0 Å². The third-order valence-electron chi connectivity index (χ3n) is 4.99. The largest absolute Gasteiger partial charge is 0.497 e. The van der Waals surface area contributed by atoms with Crippen molar-refractivity contribution < 1.29 is 4.74 Å². The fourth-order valence-electron chi connectivity index (χ4n) is 3.38. The van der Waals surface area contributed by atoms with Crippen molar-refractivity contribution in [2.24, 2.45) is 0 Å². The number of tetrazole rings is 1. The Morgan fingerprint density at radius 2 is 1.97 bits per heavy atom. The van der Waals surface area contributed by atoms with Gasteiger partial charge in [0.05, 0.1) is 24.8 Å². The second kappa shape index (κ2) is 9.34. The Kier molecular flexibility index (Phi) is 6.12. The zero-order valence-corrected chi connectivity index (χ0v) is 19.7. The van der Waals surface area contributed by atoms with E-state index in [0.29, 0.717) is 38.5 Å². The summed E-state index contributed by atoms with van der Waals surface area (Å²) in [5, 5.41) is 15.7. The molecule has 0 aliphatic heterocycles. The van der Waals surface area contributed by atoms with Gasteiger partial charge in [0.25, 0.3) is 5.56 Å². The van der Waals surface area contributed by atoms with Crippen molar-refractivity contribution in [2.75, 3.05) is 7.11 Å². The number of ether oxygens (including phenoxy) is 1. The lowest BCUT2D eigenvalue weighted by Crippen LogP contribution is -2.11. The Labute approximate surface area is 201 Å². The van der Waals surface area contributed by atoms with Crippen LogP contribution in [0, 0.1) is 0 Å². The highest BCUT2D eigenvalue weighted by Gasteiger charge is 2.16. The van der Waals surface area contributed by atoms with Crippen LogP contribution < -0.4 is 10.3 Å². The normalized spacial score (nSPS) is 11.2. The Bertz CT molecular complexity index is 1480. The molecule has 11 heteroatoms. The van der Waals surface area contributed by atoms with Crippen molar-refractivity contribution in [3.8, 4) is 16.9 Å². The van der Waals surface area contributed by atoms with Crippen LogP contribution in [0.5, 0.6) is 5.75 Å². The number of nitrogens with zero attached hydrogens (tertiary/aromatic N) is 5. The molecular formula is C22H17ClN6O2S2. The van der Waals surface area contributed by atoms with Crippen molar-refractivity contribution >= 4 is 44.9 Å². The number of hydrogen-bond acceptors (Lipinski definition) is 8. The number of aromatic nitrogens is 6. The van der Waals surface area contributed by atoms with Crippen LogP contribution in [-0.4, -0.2) is 37.3 Å². The first-order chi connectivity index (χ1) is 16.1. The van der Waals surface area contributed by atoms with E-state index in [1.807, 2.05) is 53.9 Å². The van der Waals surface area contributed by atoms with Crippen molar-refractivity contribution in [1.82, 2.24) is 30.2 Å². The lowest BCUT2D eigenvalue weighted by atomic mass is 10.1. The third kappa shape index (κ3) is 4.50. The van der Waals surface area contributed by atoms with Crippen LogP contribution in [0.1, 0.15) is 11.4 Å². The molecule has 2 aromatic carbocycles. The summed E-state index contributed by atoms with van der Waals surface area (Å²) < 4.78 is 6.91. The number of hydrogen-bond donors (Lipinski definition) is 1. The van der Waals surface area contributed by atoms with Crippen molar-refractivity contribution in [2.45, 2.75) is 17.5 Å². The molecule has 0 unspecified atom stereocenters. The van der Waals surface area contributed by atoms with Gasteiger partial charge in [0.15, 0.2) is 0 Å². The highest BCUT2D eigenvalue weighted by molar-refractivity contribution is 7.98. The van der Waals surface area contributed by atoms with Crippen molar-refractivity contribution in [3.05, 3.63) is 80.7 Å². The molecule has 0 atom stereocenters. The minimum atomic E-state index is -0.190. The highest BCUT2D eigenvalue weighted by atomic mass is 35.5. The Morgan fingerprint density at radius 3 is 2.76 bits per heavy atom. The quantitative estimate of drug-likeness (QED) is 0.328. The maximum absolute atomic E-state index is 12.9. The van der Waals surface area contributed by atoms with E-state index in [-0.39, 0.29) is 5.56 Å². The zero-order valence-electron chi connectivity index (χ0n) is 17.4. The third-order valence-corrected chi connectivity index (χ3v) is 7.16. The van der Waals surface area contributed by atoms with Gasteiger partial charge in [-0.15, -0.1) is 16.4 Å². The number of H-pyrrole nitrogens is 1. The maximum Gasteiger partial charge on any atom is 0.260 e. The molecule has 0 radical (unpaired) electrons. The molecule has 0 fully saturated rings. The van der Waals surface area contributed by atoms with Gasteiger partial charge in [0.2, 0.25) is 5.16 Å². The van der Waals surface area contributed by atoms with Gasteiger partial charge in [0, 0.05) is 21.5 Å². The summed E-state index contributed by atoms with van der Waals surface area (Å²) in [6.07, 6.45) is 0. The molecule has 3 heterocycles. The molecule has 0 aliphatic carbocycles. The standard InChI is InChI=1S/C22H17ClN6O2S2/c1-31-14-8-6-13(7-9-14)10-29-22(26-27-28-29)33-12-18-24-20(30)19-16(11-32-21(19)25-18)15-4-2-3-5-17(15)23/h2-9,11H,10,12H2,1H3,(H,24,25,30). The Morgan fingerprint density at radius 1 is 1.15 bits per heavy atom. The summed E-state index contributed by atoms with van der Waals surface area (Å²) >= 11 is 9.17. The fraction of sp³-hybridized carbons (Fsp3) is 0.136. The van der Waals surface area contributed by atoms with E-state index in [2.05, 4.69) is 25.5 Å². The van der Waals surface area contributed by atoms with E-state index in [1.54, 1.807) is 11.8 Å². The van der Waals surface area contributed by atoms with Crippen LogP contribution in [-0.2, 0) is 12.3 Å². The topological polar surface area (TPSA) is 98.6 Å². The van der Waals surface area contributed by atoms with Crippen LogP contribution in [0.15, 0.2) is 63.9 Å². The molecule has 0 saturated carbocycles. The number of benzene rings is 2. The average Bonchev–Trinajstić information content (AvgIpc) is 3.45. The van der Waals surface area contributed by atoms with Gasteiger partial charge in [-0.1, -0.05) is 53.7 Å². The summed E-state index contributed by atoms with van der Waals surface area (Å²) in [7, 11) is 1.63. The zero-order chi connectivity index (χ0) is 22.8. The van der Waals surface area contributed by atoms with Gasteiger partial charge in [-0.2, -0.15) is 0 Å². The maximum atomic E-state index is 12.9. The smallest absolute Gasteiger partial charge is 0.260 e. The Balaban J connectivity index is 1.35. The number of halogens is 1. The van der Waals surface area contributed by atoms with Crippen molar-refractivity contribution in [1.29, 1.82) is 0 Å². The molecule has 8 nitrogen and oxygen atoms in total. The van der Waals surface area contributed by atoms with E-state index < -0.39 is 0 Å². The molecule has 0 bridgehead atoms. The van der Waals surface area contributed by atoms with Gasteiger partial charge >= 0.3 is 0 Å². The minimum absolute atomic E-state index is 0.190. The predicted octanol–water partition coefficient (Wildman–Crippen LogP) is 4.64. The van der Waals surface area contributed by atoms with Crippen LogP contribution in [0.3, 0.4) is 0 Å². The number of thioether (sulfide) groups is 1. The molecule has 166 valence electrons. The number of methoxy groups -OCH3 is 1. The number of thiophene rings is 1. The molecule has 5 rings (SSSR count). The van der Waals surface area contributed by atoms with E-state index in [9.17, 15) is 4.79 Å². The van der Waals surface area contributed by atoms with Gasteiger partial charge in [-0.05, 0) is 34.2 Å². The fourth-order valence-corrected chi connectivity index (χ4v) is 5.32.